The molecule has 0 saturated heterocycles. The number of hydrogen-bond donors (Lipinski definition) is 1. The molecule has 1 N–H and O–H groups in total. The van der Waals surface area contributed by atoms with Gasteiger partial charge in [-0.25, -0.2) is 4.68 Å². The van der Waals surface area contributed by atoms with Gasteiger partial charge >= 0.3 is 0 Å². The SMILES string of the molecule is O=C(NC1CC1)C(Sc1nn(-c2ccc(Cl)cc2)c(=S)s1)c1ccccc1. The summed E-state index contributed by atoms with van der Waals surface area (Å²) in [6.07, 6.45) is 2.12. The number of carbonyl (C=O) groups is 1. The quantitative estimate of drug-likeness (QED) is 0.416. The number of rotatable bonds is 6. The molecule has 1 fully saturated rings. The van der Waals surface area contributed by atoms with Gasteiger partial charge in [0.15, 0.2) is 8.29 Å². The minimum absolute atomic E-state index is 0.0212. The van der Waals surface area contributed by atoms with Crippen molar-refractivity contribution in [3.63, 3.8) is 0 Å². The van der Waals surface area contributed by atoms with E-state index < -0.39 is 0 Å². The first-order valence-corrected chi connectivity index (χ1v) is 11.0. The van der Waals surface area contributed by atoms with Gasteiger partial charge in [-0.15, -0.1) is 5.10 Å². The molecule has 138 valence electrons. The monoisotopic (exact) mass is 433 g/mol. The van der Waals surface area contributed by atoms with Crippen LogP contribution in [0.25, 0.3) is 5.69 Å². The number of thioether (sulfide) groups is 1. The summed E-state index contributed by atoms with van der Waals surface area (Å²) >= 11 is 14.3. The van der Waals surface area contributed by atoms with E-state index in [0.717, 1.165) is 28.4 Å². The highest BCUT2D eigenvalue weighted by Gasteiger charge is 2.30. The normalized spacial score (nSPS) is 14.7. The van der Waals surface area contributed by atoms with E-state index in [0.29, 0.717) is 15.0 Å². The molecule has 2 aromatic carbocycles. The van der Waals surface area contributed by atoms with Crippen LogP contribution in [0.1, 0.15) is 23.7 Å². The molecule has 27 heavy (non-hydrogen) atoms. The fourth-order valence-electron chi connectivity index (χ4n) is 2.56. The molecule has 3 aromatic rings. The van der Waals surface area contributed by atoms with Crippen LogP contribution in [0.5, 0.6) is 0 Å². The number of nitrogens with one attached hydrogen (secondary N) is 1. The maximum absolute atomic E-state index is 12.8. The van der Waals surface area contributed by atoms with Gasteiger partial charge in [0.1, 0.15) is 5.25 Å². The number of benzene rings is 2. The number of nitrogens with zero attached hydrogens (tertiary/aromatic N) is 2. The average molecular weight is 434 g/mol. The molecule has 0 bridgehead atoms. The number of carbonyl (C=O) groups excluding carboxylic acids is 1. The molecule has 1 atom stereocenters. The highest BCUT2D eigenvalue weighted by Crippen LogP contribution is 2.38. The second-order valence-corrected chi connectivity index (χ2v) is 9.62. The highest BCUT2D eigenvalue weighted by molar-refractivity contribution is 8.02. The third-order valence-corrected chi connectivity index (χ3v) is 6.91. The third kappa shape index (κ3) is 4.60. The molecule has 8 heteroatoms. The molecule has 0 aliphatic heterocycles. The van der Waals surface area contributed by atoms with Crippen LogP contribution in [0.15, 0.2) is 58.9 Å². The van der Waals surface area contributed by atoms with Crippen LogP contribution in [0, 0.1) is 3.95 Å². The minimum atomic E-state index is -0.356. The first-order chi connectivity index (χ1) is 13.1. The van der Waals surface area contributed by atoms with E-state index in [1.54, 1.807) is 16.8 Å². The van der Waals surface area contributed by atoms with E-state index in [9.17, 15) is 4.79 Å². The molecule has 1 amide bonds. The Bertz CT molecular complexity index is 997. The van der Waals surface area contributed by atoms with Crippen LogP contribution in [0.3, 0.4) is 0 Å². The second kappa shape index (κ2) is 8.14. The van der Waals surface area contributed by atoms with Gasteiger partial charge < -0.3 is 5.32 Å². The lowest BCUT2D eigenvalue weighted by atomic mass is 10.1. The van der Waals surface area contributed by atoms with Crippen molar-refractivity contribution in [3.8, 4) is 5.69 Å². The van der Waals surface area contributed by atoms with Gasteiger partial charge in [-0.2, -0.15) is 0 Å². The maximum Gasteiger partial charge on any atom is 0.238 e. The molecule has 1 aliphatic carbocycles. The van der Waals surface area contributed by atoms with E-state index in [1.165, 1.54) is 23.1 Å². The lowest BCUT2D eigenvalue weighted by Gasteiger charge is -2.15. The average Bonchev–Trinajstić information content (AvgIpc) is 3.41. The van der Waals surface area contributed by atoms with Gasteiger partial charge in [0.2, 0.25) is 5.91 Å². The molecule has 1 aliphatic rings. The number of hydrogen-bond acceptors (Lipinski definition) is 5. The maximum atomic E-state index is 12.8. The molecular formula is C19H16ClN3OS3. The molecule has 4 nitrogen and oxygen atoms in total. The van der Waals surface area contributed by atoms with Gasteiger partial charge in [-0.05, 0) is 54.9 Å². The fourth-order valence-corrected chi connectivity index (χ4v) is 5.25. The summed E-state index contributed by atoms with van der Waals surface area (Å²) in [5.74, 6) is 0.0212. The molecular weight excluding hydrogens is 418 g/mol. The van der Waals surface area contributed by atoms with Crippen LogP contribution in [0.4, 0.5) is 0 Å². The minimum Gasteiger partial charge on any atom is -0.352 e. The van der Waals surface area contributed by atoms with Crippen LogP contribution >= 0.6 is 46.9 Å². The largest absolute Gasteiger partial charge is 0.352 e. The topological polar surface area (TPSA) is 46.9 Å². The van der Waals surface area contributed by atoms with Crippen LogP contribution in [0.2, 0.25) is 5.02 Å². The smallest absolute Gasteiger partial charge is 0.238 e. The Morgan fingerprint density at radius 1 is 1.22 bits per heavy atom. The molecule has 1 unspecified atom stereocenters. The van der Waals surface area contributed by atoms with E-state index in [-0.39, 0.29) is 11.2 Å². The van der Waals surface area contributed by atoms with Crippen molar-refractivity contribution in [2.24, 2.45) is 0 Å². The Labute approximate surface area is 175 Å². The number of aromatic nitrogens is 2. The molecule has 4 rings (SSSR count). The van der Waals surface area contributed by atoms with Crippen molar-refractivity contribution in [2.75, 3.05) is 0 Å². The Balaban J connectivity index is 1.61. The van der Waals surface area contributed by atoms with Gasteiger partial charge in [0.25, 0.3) is 0 Å². The van der Waals surface area contributed by atoms with Crippen molar-refractivity contribution in [1.82, 2.24) is 15.1 Å². The van der Waals surface area contributed by atoms with Crippen LogP contribution < -0.4 is 5.32 Å². The molecule has 0 radical (unpaired) electrons. The Morgan fingerprint density at radius 3 is 2.59 bits per heavy atom. The van der Waals surface area contributed by atoms with Crippen LogP contribution in [-0.4, -0.2) is 21.7 Å². The summed E-state index contributed by atoms with van der Waals surface area (Å²) in [5, 5.41) is 8.03. The van der Waals surface area contributed by atoms with Crippen molar-refractivity contribution >= 4 is 52.8 Å². The third-order valence-electron chi connectivity index (χ3n) is 4.08. The standard InChI is InChI=1S/C19H16ClN3OS3/c20-13-6-10-15(11-7-13)23-19(25)27-18(22-23)26-16(12-4-2-1-3-5-12)17(24)21-14-8-9-14/h1-7,10-11,14,16H,8-9H2,(H,21,24). The number of amides is 1. The predicted octanol–water partition coefficient (Wildman–Crippen LogP) is 5.43. The first kappa shape index (κ1) is 18.7. The lowest BCUT2D eigenvalue weighted by molar-refractivity contribution is -0.120. The highest BCUT2D eigenvalue weighted by atomic mass is 35.5. The zero-order chi connectivity index (χ0) is 18.8. The van der Waals surface area contributed by atoms with E-state index >= 15 is 0 Å². The summed E-state index contributed by atoms with van der Waals surface area (Å²) in [5.41, 5.74) is 1.81. The Hall–Kier alpha value is -1.67. The van der Waals surface area contributed by atoms with E-state index in [4.69, 9.17) is 23.8 Å². The van der Waals surface area contributed by atoms with Crippen molar-refractivity contribution in [3.05, 3.63) is 69.1 Å². The van der Waals surface area contributed by atoms with Gasteiger partial charge in [-0.1, -0.05) is 65.0 Å². The molecule has 1 heterocycles. The second-order valence-electron chi connectivity index (χ2n) is 6.21. The molecule has 1 saturated carbocycles. The predicted molar refractivity (Wildman–Crippen MR) is 113 cm³/mol. The summed E-state index contributed by atoms with van der Waals surface area (Å²) in [6.45, 7) is 0. The molecule has 1 aromatic heterocycles. The van der Waals surface area contributed by atoms with Crippen molar-refractivity contribution in [1.29, 1.82) is 0 Å². The number of halogens is 1. The summed E-state index contributed by atoms with van der Waals surface area (Å²) < 4.78 is 3.10. The Morgan fingerprint density at radius 2 is 1.93 bits per heavy atom. The van der Waals surface area contributed by atoms with Gasteiger partial charge in [0, 0.05) is 11.1 Å². The summed E-state index contributed by atoms with van der Waals surface area (Å²) in [7, 11) is 0. The lowest BCUT2D eigenvalue weighted by Crippen LogP contribution is -2.29. The fraction of sp³-hybridized carbons (Fsp3) is 0.211. The van der Waals surface area contributed by atoms with E-state index in [1.807, 2.05) is 42.5 Å². The van der Waals surface area contributed by atoms with Crippen LogP contribution in [-0.2, 0) is 4.79 Å². The zero-order valence-corrected chi connectivity index (χ0v) is 17.4. The summed E-state index contributed by atoms with van der Waals surface area (Å²) in [4.78, 5) is 12.8. The molecule has 0 spiro atoms. The van der Waals surface area contributed by atoms with Crippen molar-refractivity contribution < 1.29 is 4.79 Å². The first-order valence-electron chi connectivity index (χ1n) is 8.48. The van der Waals surface area contributed by atoms with Gasteiger partial charge in [-0.3, -0.25) is 4.79 Å². The summed E-state index contributed by atoms with van der Waals surface area (Å²) in [6, 6.07) is 17.5. The Kier molecular flexibility index (Phi) is 5.63. The zero-order valence-electron chi connectivity index (χ0n) is 14.2. The van der Waals surface area contributed by atoms with Crippen molar-refractivity contribution in [2.45, 2.75) is 28.5 Å². The van der Waals surface area contributed by atoms with Gasteiger partial charge in [0.05, 0.1) is 5.69 Å². The van der Waals surface area contributed by atoms with E-state index in [2.05, 4.69) is 10.4 Å².